The van der Waals surface area contributed by atoms with E-state index < -0.39 is 0 Å². The van der Waals surface area contributed by atoms with E-state index in [0.717, 1.165) is 30.5 Å². The van der Waals surface area contributed by atoms with Crippen LogP contribution < -0.4 is 10.6 Å². The highest BCUT2D eigenvalue weighted by Gasteiger charge is 2.25. The molecule has 9 heteroatoms. The van der Waals surface area contributed by atoms with Gasteiger partial charge in [-0.05, 0) is 39.5 Å². The van der Waals surface area contributed by atoms with Crippen LogP contribution >= 0.6 is 0 Å². The van der Waals surface area contributed by atoms with E-state index in [4.69, 9.17) is 9.73 Å². The van der Waals surface area contributed by atoms with Gasteiger partial charge >= 0.3 is 6.09 Å². The Morgan fingerprint density at radius 2 is 1.79 bits per heavy atom. The van der Waals surface area contributed by atoms with Crippen LogP contribution in [0.2, 0.25) is 0 Å². The molecule has 9 nitrogen and oxygen atoms in total. The number of guanidine groups is 1. The number of carbonyl (C=O) groups excluding carboxylic acids is 1. The van der Waals surface area contributed by atoms with Gasteiger partial charge < -0.3 is 24.8 Å². The molecule has 2 fully saturated rings. The molecule has 0 spiro atoms. The molecule has 1 amide bonds. The van der Waals surface area contributed by atoms with Crippen LogP contribution in [-0.4, -0.2) is 63.5 Å². The second kappa shape index (κ2) is 9.75. The van der Waals surface area contributed by atoms with Crippen molar-refractivity contribution < 1.29 is 9.53 Å². The number of nitrogens with one attached hydrogen (secondary N) is 2. The molecule has 3 rings (SSSR count). The average molecular weight is 392 g/mol. The molecule has 1 aliphatic heterocycles. The standard InChI is InChI=1S/C19H33N7O2/c1-4-28-19(27)26-11-9-16(10-12-26)22-18(21-15-7-5-6-8-15)20-13-17-24-23-14(2)25(17)3/h15-16H,4-13H2,1-3H3,(H2,20,21,22). The molecule has 0 aromatic carbocycles. The molecule has 28 heavy (non-hydrogen) atoms. The molecule has 1 aromatic heterocycles. The molecular weight excluding hydrogens is 358 g/mol. The summed E-state index contributed by atoms with van der Waals surface area (Å²) in [4.78, 5) is 18.4. The third-order valence-corrected chi connectivity index (χ3v) is 5.62. The molecule has 0 unspecified atom stereocenters. The Hall–Kier alpha value is -2.32. The molecular formula is C19H33N7O2. The van der Waals surface area contributed by atoms with Crippen molar-refractivity contribution in [3.05, 3.63) is 11.6 Å². The van der Waals surface area contributed by atoms with Gasteiger partial charge in [0.1, 0.15) is 12.4 Å². The van der Waals surface area contributed by atoms with Gasteiger partial charge in [-0.2, -0.15) is 0 Å². The van der Waals surface area contributed by atoms with Gasteiger partial charge in [0, 0.05) is 32.2 Å². The number of amides is 1. The maximum Gasteiger partial charge on any atom is 0.409 e. The second-order valence-corrected chi connectivity index (χ2v) is 7.62. The van der Waals surface area contributed by atoms with E-state index in [0.29, 0.717) is 38.3 Å². The number of piperidine rings is 1. The van der Waals surface area contributed by atoms with Gasteiger partial charge in [0.15, 0.2) is 11.8 Å². The number of aliphatic imine (C=N–C) groups is 1. The summed E-state index contributed by atoms with van der Waals surface area (Å²) in [5, 5.41) is 15.5. The lowest BCUT2D eigenvalue weighted by Crippen LogP contribution is -2.51. The lowest BCUT2D eigenvalue weighted by Gasteiger charge is -2.32. The minimum Gasteiger partial charge on any atom is -0.450 e. The Morgan fingerprint density at radius 3 is 2.36 bits per heavy atom. The van der Waals surface area contributed by atoms with E-state index in [1.54, 1.807) is 4.90 Å². The van der Waals surface area contributed by atoms with E-state index in [1.165, 1.54) is 25.7 Å². The Morgan fingerprint density at radius 1 is 1.14 bits per heavy atom. The summed E-state index contributed by atoms with van der Waals surface area (Å²) in [5.74, 6) is 2.57. The third kappa shape index (κ3) is 5.36. The fourth-order valence-corrected chi connectivity index (χ4v) is 3.75. The summed E-state index contributed by atoms with van der Waals surface area (Å²) in [5.41, 5.74) is 0. The molecule has 156 valence electrons. The van der Waals surface area contributed by atoms with Crippen LogP contribution in [0.3, 0.4) is 0 Å². The average Bonchev–Trinajstić information content (AvgIpc) is 3.31. The number of aryl methyl sites for hydroxylation is 1. The van der Waals surface area contributed by atoms with Crippen molar-refractivity contribution >= 4 is 12.1 Å². The van der Waals surface area contributed by atoms with E-state index in [-0.39, 0.29) is 6.09 Å². The van der Waals surface area contributed by atoms with Crippen LogP contribution in [0, 0.1) is 6.92 Å². The highest BCUT2D eigenvalue weighted by molar-refractivity contribution is 5.80. The van der Waals surface area contributed by atoms with Crippen molar-refractivity contribution in [2.75, 3.05) is 19.7 Å². The van der Waals surface area contributed by atoms with Crippen molar-refractivity contribution in [3.63, 3.8) is 0 Å². The molecule has 0 radical (unpaired) electrons. The second-order valence-electron chi connectivity index (χ2n) is 7.62. The van der Waals surface area contributed by atoms with Crippen LogP contribution in [0.4, 0.5) is 4.79 Å². The fourth-order valence-electron chi connectivity index (χ4n) is 3.75. The van der Waals surface area contributed by atoms with Crippen LogP contribution in [0.1, 0.15) is 57.1 Å². The number of likely N-dealkylation sites (tertiary alicyclic amines) is 1. The summed E-state index contributed by atoms with van der Waals surface area (Å²) in [6.45, 7) is 6.09. The molecule has 1 saturated heterocycles. The normalized spacial score (nSPS) is 19.1. The maximum absolute atomic E-state index is 11.9. The minimum absolute atomic E-state index is 0.212. The van der Waals surface area contributed by atoms with E-state index in [9.17, 15) is 4.79 Å². The number of nitrogens with zero attached hydrogens (tertiary/aromatic N) is 5. The minimum atomic E-state index is -0.212. The number of aromatic nitrogens is 3. The Kier molecular flexibility index (Phi) is 7.11. The molecule has 1 aliphatic carbocycles. The lowest BCUT2D eigenvalue weighted by atomic mass is 10.1. The van der Waals surface area contributed by atoms with Gasteiger partial charge in [-0.15, -0.1) is 10.2 Å². The summed E-state index contributed by atoms with van der Waals surface area (Å²) < 4.78 is 7.07. The number of rotatable bonds is 5. The summed E-state index contributed by atoms with van der Waals surface area (Å²) >= 11 is 0. The molecule has 0 atom stereocenters. The maximum atomic E-state index is 11.9. The number of carbonyl (C=O) groups is 1. The predicted octanol–water partition coefficient (Wildman–Crippen LogP) is 1.72. The third-order valence-electron chi connectivity index (χ3n) is 5.62. The van der Waals surface area contributed by atoms with Crippen molar-refractivity contribution in [2.24, 2.45) is 12.0 Å². The zero-order valence-electron chi connectivity index (χ0n) is 17.3. The van der Waals surface area contributed by atoms with Crippen LogP contribution in [0.5, 0.6) is 0 Å². The van der Waals surface area contributed by atoms with E-state index in [1.807, 2.05) is 25.5 Å². The van der Waals surface area contributed by atoms with Gasteiger partial charge in [0.25, 0.3) is 0 Å². The lowest BCUT2D eigenvalue weighted by molar-refractivity contribution is 0.0963. The first-order chi connectivity index (χ1) is 13.6. The molecule has 2 N–H and O–H groups in total. The van der Waals surface area contributed by atoms with Gasteiger partial charge in [-0.25, -0.2) is 9.79 Å². The smallest absolute Gasteiger partial charge is 0.409 e. The van der Waals surface area contributed by atoms with Gasteiger partial charge in [0.2, 0.25) is 0 Å². The van der Waals surface area contributed by atoms with Gasteiger partial charge in [-0.3, -0.25) is 0 Å². The summed E-state index contributed by atoms with van der Waals surface area (Å²) in [7, 11) is 1.96. The molecule has 1 aromatic rings. The monoisotopic (exact) mass is 391 g/mol. The first kappa shape index (κ1) is 20.4. The fraction of sp³-hybridized carbons (Fsp3) is 0.789. The quantitative estimate of drug-likeness (QED) is 0.586. The largest absolute Gasteiger partial charge is 0.450 e. The first-order valence-corrected chi connectivity index (χ1v) is 10.4. The number of hydrogen-bond donors (Lipinski definition) is 2. The van der Waals surface area contributed by atoms with Crippen molar-refractivity contribution in [1.29, 1.82) is 0 Å². The molecule has 0 bridgehead atoms. The predicted molar refractivity (Wildman–Crippen MR) is 107 cm³/mol. The van der Waals surface area contributed by atoms with Crippen molar-refractivity contribution in [1.82, 2.24) is 30.3 Å². The summed E-state index contributed by atoms with van der Waals surface area (Å²) in [6.07, 6.45) is 6.46. The number of hydrogen-bond acceptors (Lipinski definition) is 5. The van der Waals surface area contributed by atoms with Gasteiger partial charge in [0.05, 0.1) is 6.61 Å². The topological polar surface area (TPSA) is 96.7 Å². The molecule has 2 heterocycles. The van der Waals surface area contributed by atoms with Crippen LogP contribution in [-0.2, 0) is 18.3 Å². The van der Waals surface area contributed by atoms with Gasteiger partial charge in [-0.1, -0.05) is 12.8 Å². The summed E-state index contributed by atoms with van der Waals surface area (Å²) in [6, 6.07) is 0.770. The Bertz CT molecular complexity index is 674. The van der Waals surface area contributed by atoms with E-state index >= 15 is 0 Å². The highest BCUT2D eigenvalue weighted by atomic mass is 16.6. The number of ether oxygens (including phenoxy) is 1. The zero-order chi connectivity index (χ0) is 19.9. The zero-order valence-corrected chi connectivity index (χ0v) is 17.3. The van der Waals surface area contributed by atoms with Crippen molar-refractivity contribution in [2.45, 2.75) is 71.0 Å². The molecule has 2 aliphatic rings. The SMILES string of the molecule is CCOC(=O)N1CCC(NC(=NCc2nnc(C)n2C)NC2CCCC2)CC1. The first-order valence-electron chi connectivity index (χ1n) is 10.4. The highest BCUT2D eigenvalue weighted by Crippen LogP contribution is 2.18. The molecule has 1 saturated carbocycles. The van der Waals surface area contributed by atoms with Crippen LogP contribution in [0.15, 0.2) is 4.99 Å². The van der Waals surface area contributed by atoms with Crippen molar-refractivity contribution in [3.8, 4) is 0 Å². The Labute approximate surface area is 166 Å². The van der Waals surface area contributed by atoms with E-state index in [2.05, 4.69) is 20.8 Å². The Balaban J connectivity index is 1.58. The van der Waals surface area contributed by atoms with Crippen LogP contribution in [0.25, 0.3) is 0 Å².